The highest BCUT2D eigenvalue weighted by Gasteiger charge is 2.31. The number of esters is 2. The van der Waals surface area contributed by atoms with Crippen molar-refractivity contribution in [2.24, 2.45) is 0 Å². The van der Waals surface area contributed by atoms with Crippen LogP contribution in [0, 0.1) is 0 Å². The van der Waals surface area contributed by atoms with Crippen molar-refractivity contribution in [2.75, 3.05) is 13.2 Å². The summed E-state index contributed by atoms with van der Waals surface area (Å²) < 4.78 is 9.01. The first kappa shape index (κ1) is 16.1. The number of carbonyl (C=O) groups excluding carboxylic acids is 2. The Hall–Kier alpha value is -1.96. The average molecular weight is 349 g/mol. The summed E-state index contributed by atoms with van der Waals surface area (Å²) in [6.45, 7) is 3.08. The molecule has 20 heavy (non-hydrogen) atoms. The third-order valence-corrected chi connectivity index (χ3v) is 3.07. The van der Waals surface area contributed by atoms with Gasteiger partial charge in [-0.05, 0) is 29.8 Å². The molecule has 0 spiro atoms. The molecule has 0 radical (unpaired) electrons. The van der Waals surface area contributed by atoms with Crippen molar-refractivity contribution in [3.8, 4) is 17.2 Å². The van der Waals surface area contributed by atoms with Crippen LogP contribution in [-0.2, 0) is 9.47 Å². The number of carbonyl (C=O) groups is 2. The molecule has 0 aliphatic carbocycles. The van der Waals surface area contributed by atoms with Crippen LogP contribution in [0.4, 0.5) is 0 Å². The molecule has 0 fully saturated rings. The van der Waals surface area contributed by atoms with E-state index in [0.29, 0.717) is 0 Å². The SMILES string of the molecule is CCOC(=O)c1c(O)c(Br)c(O)c(C(=O)OCC)c1O. The summed E-state index contributed by atoms with van der Waals surface area (Å²) in [5, 5.41) is 29.5. The molecule has 0 unspecified atom stereocenters. The van der Waals surface area contributed by atoms with Crippen molar-refractivity contribution >= 4 is 27.9 Å². The van der Waals surface area contributed by atoms with Gasteiger partial charge in [-0.2, -0.15) is 0 Å². The first-order valence-corrected chi connectivity index (χ1v) is 6.46. The molecule has 8 heteroatoms. The van der Waals surface area contributed by atoms with E-state index in [1.54, 1.807) is 0 Å². The lowest BCUT2D eigenvalue weighted by atomic mass is 10.1. The molecular formula is C12H13BrO7. The van der Waals surface area contributed by atoms with Crippen molar-refractivity contribution in [1.82, 2.24) is 0 Å². The van der Waals surface area contributed by atoms with E-state index >= 15 is 0 Å². The highest BCUT2D eigenvalue weighted by atomic mass is 79.9. The summed E-state index contributed by atoms with van der Waals surface area (Å²) in [7, 11) is 0. The lowest BCUT2D eigenvalue weighted by molar-refractivity contribution is 0.0514. The van der Waals surface area contributed by atoms with E-state index in [4.69, 9.17) is 0 Å². The number of ether oxygens (including phenoxy) is 2. The van der Waals surface area contributed by atoms with E-state index in [1.165, 1.54) is 13.8 Å². The minimum atomic E-state index is -1.03. The summed E-state index contributed by atoms with van der Waals surface area (Å²) in [6.07, 6.45) is 0. The Balaban J connectivity index is 3.54. The predicted octanol–water partition coefficient (Wildman–Crippen LogP) is 1.92. The fourth-order valence-corrected chi connectivity index (χ4v) is 1.87. The first-order chi connectivity index (χ1) is 9.36. The average Bonchev–Trinajstić information content (AvgIpc) is 2.37. The maximum atomic E-state index is 11.7. The molecule has 0 amide bonds. The molecule has 0 atom stereocenters. The van der Waals surface area contributed by atoms with Gasteiger partial charge in [0.2, 0.25) is 0 Å². The molecule has 0 aromatic heterocycles. The zero-order chi connectivity index (χ0) is 15.4. The van der Waals surface area contributed by atoms with E-state index in [0.717, 1.165) is 0 Å². The second-order valence-corrected chi connectivity index (χ2v) is 4.34. The van der Waals surface area contributed by atoms with Gasteiger partial charge in [-0.15, -0.1) is 0 Å². The molecule has 3 N–H and O–H groups in total. The van der Waals surface area contributed by atoms with Crippen LogP contribution < -0.4 is 0 Å². The molecular weight excluding hydrogens is 336 g/mol. The van der Waals surface area contributed by atoms with Crippen molar-refractivity contribution in [3.63, 3.8) is 0 Å². The maximum Gasteiger partial charge on any atom is 0.345 e. The predicted molar refractivity (Wildman–Crippen MR) is 71.0 cm³/mol. The topological polar surface area (TPSA) is 113 Å². The van der Waals surface area contributed by atoms with Gasteiger partial charge in [-0.25, -0.2) is 9.59 Å². The second-order valence-electron chi connectivity index (χ2n) is 3.55. The normalized spacial score (nSPS) is 10.2. The van der Waals surface area contributed by atoms with Gasteiger partial charge in [0.1, 0.15) is 15.6 Å². The highest BCUT2D eigenvalue weighted by Crippen LogP contribution is 2.45. The number of benzene rings is 1. The molecule has 1 aromatic rings. The molecule has 0 aliphatic heterocycles. The van der Waals surface area contributed by atoms with Crippen LogP contribution in [0.15, 0.2) is 4.47 Å². The van der Waals surface area contributed by atoms with Crippen LogP contribution in [0.1, 0.15) is 34.6 Å². The molecule has 0 saturated heterocycles. The number of hydrogen-bond acceptors (Lipinski definition) is 7. The number of aromatic hydroxyl groups is 3. The number of phenolic OH excluding ortho intramolecular Hbond substituents is 3. The fraction of sp³-hybridized carbons (Fsp3) is 0.333. The summed E-state index contributed by atoms with van der Waals surface area (Å²) in [5.74, 6) is -4.43. The number of phenols is 3. The van der Waals surface area contributed by atoms with Gasteiger partial charge in [0.25, 0.3) is 0 Å². The van der Waals surface area contributed by atoms with Gasteiger partial charge in [0.15, 0.2) is 17.2 Å². The smallest absolute Gasteiger partial charge is 0.345 e. The molecule has 0 heterocycles. The van der Waals surface area contributed by atoms with E-state index in [9.17, 15) is 24.9 Å². The molecule has 0 aliphatic rings. The summed E-state index contributed by atoms with van der Waals surface area (Å²) in [5.41, 5.74) is -1.25. The lowest BCUT2D eigenvalue weighted by Gasteiger charge is -2.14. The van der Waals surface area contributed by atoms with E-state index in [2.05, 4.69) is 25.4 Å². The van der Waals surface area contributed by atoms with Gasteiger partial charge >= 0.3 is 11.9 Å². The first-order valence-electron chi connectivity index (χ1n) is 5.67. The number of rotatable bonds is 4. The van der Waals surface area contributed by atoms with Crippen molar-refractivity contribution < 1.29 is 34.4 Å². The standard InChI is InChI=1S/C12H13BrO7/c1-3-19-11(17)5-8(14)6(12(18)20-4-2)10(16)7(13)9(5)15/h14-16H,3-4H2,1-2H3. The van der Waals surface area contributed by atoms with E-state index < -0.39 is 40.3 Å². The third-order valence-electron chi connectivity index (χ3n) is 2.32. The molecule has 1 aromatic carbocycles. The minimum Gasteiger partial charge on any atom is -0.506 e. The number of halogens is 1. The van der Waals surface area contributed by atoms with Crippen molar-refractivity contribution in [1.29, 1.82) is 0 Å². The van der Waals surface area contributed by atoms with Gasteiger partial charge < -0.3 is 24.8 Å². The van der Waals surface area contributed by atoms with E-state index in [1.807, 2.05) is 0 Å². The zero-order valence-electron chi connectivity index (χ0n) is 10.8. The summed E-state index contributed by atoms with van der Waals surface area (Å²) >= 11 is 2.83. The van der Waals surface area contributed by atoms with E-state index in [-0.39, 0.29) is 17.7 Å². The van der Waals surface area contributed by atoms with Crippen LogP contribution in [0.25, 0.3) is 0 Å². The zero-order valence-corrected chi connectivity index (χ0v) is 12.4. The Labute approximate surface area is 122 Å². The second kappa shape index (κ2) is 6.47. The molecule has 7 nitrogen and oxygen atoms in total. The van der Waals surface area contributed by atoms with Crippen LogP contribution in [-0.4, -0.2) is 40.5 Å². The monoisotopic (exact) mass is 348 g/mol. The lowest BCUT2D eigenvalue weighted by Crippen LogP contribution is -2.11. The highest BCUT2D eigenvalue weighted by molar-refractivity contribution is 9.10. The molecule has 1 rings (SSSR count). The van der Waals surface area contributed by atoms with Crippen LogP contribution in [0.3, 0.4) is 0 Å². The van der Waals surface area contributed by atoms with Gasteiger partial charge in [0, 0.05) is 0 Å². The maximum absolute atomic E-state index is 11.7. The molecule has 0 bridgehead atoms. The van der Waals surface area contributed by atoms with Crippen molar-refractivity contribution in [2.45, 2.75) is 13.8 Å². The fourth-order valence-electron chi connectivity index (χ4n) is 1.47. The number of hydrogen-bond donors (Lipinski definition) is 3. The quantitative estimate of drug-likeness (QED) is 0.712. The Bertz CT molecular complexity index is 508. The molecule has 0 saturated carbocycles. The third kappa shape index (κ3) is 2.79. The summed E-state index contributed by atoms with van der Waals surface area (Å²) in [6, 6.07) is 0. The van der Waals surface area contributed by atoms with Gasteiger partial charge in [-0.1, -0.05) is 0 Å². The Morgan fingerprint density at radius 1 is 0.900 bits per heavy atom. The van der Waals surface area contributed by atoms with Gasteiger partial charge in [0.05, 0.1) is 13.2 Å². The van der Waals surface area contributed by atoms with Crippen LogP contribution in [0.2, 0.25) is 0 Å². The Morgan fingerprint density at radius 2 is 1.25 bits per heavy atom. The van der Waals surface area contributed by atoms with Crippen molar-refractivity contribution in [3.05, 3.63) is 15.6 Å². The largest absolute Gasteiger partial charge is 0.506 e. The van der Waals surface area contributed by atoms with Crippen LogP contribution >= 0.6 is 15.9 Å². The Morgan fingerprint density at radius 3 is 1.55 bits per heavy atom. The Kier molecular flexibility index (Phi) is 5.20. The van der Waals surface area contributed by atoms with Gasteiger partial charge in [-0.3, -0.25) is 0 Å². The molecule has 110 valence electrons. The summed E-state index contributed by atoms with van der Waals surface area (Å²) in [4.78, 5) is 23.4. The minimum absolute atomic E-state index is 0.00491. The van der Waals surface area contributed by atoms with Crippen LogP contribution in [0.5, 0.6) is 17.2 Å².